The summed E-state index contributed by atoms with van der Waals surface area (Å²) in [5.74, 6) is 2.52. The Balaban J connectivity index is 0.000000209. The Labute approximate surface area is 503 Å². The summed E-state index contributed by atoms with van der Waals surface area (Å²) in [7, 11) is 9.19. The van der Waals surface area contributed by atoms with Crippen molar-refractivity contribution in [3.8, 4) is 57.0 Å². The Morgan fingerprint density at radius 2 is 0.864 bits per heavy atom. The van der Waals surface area contributed by atoms with E-state index in [0.29, 0.717) is 80.8 Å². The summed E-state index contributed by atoms with van der Waals surface area (Å²) in [5.41, 5.74) is 0.0187. The second-order valence-electron chi connectivity index (χ2n) is 21.2. The van der Waals surface area contributed by atoms with E-state index in [-0.39, 0.29) is 83.3 Å². The molecule has 2 aliphatic rings. The highest BCUT2D eigenvalue weighted by molar-refractivity contribution is 6.01. The number of aliphatic hydroxyl groups excluding tert-OH is 2. The zero-order valence-electron chi connectivity index (χ0n) is 50.1. The van der Waals surface area contributed by atoms with Crippen molar-refractivity contribution in [1.82, 2.24) is 48.8 Å². The fourth-order valence-electron chi connectivity index (χ4n) is 11.6. The number of ether oxygens (including phenoxy) is 6. The number of rotatable bonds is 16. The summed E-state index contributed by atoms with van der Waals surface area (Å²) < 4.78 is 120. The van der Waals surface area contributed by atoms with Gasteiger partial charge in [0.15, 0.2) is 22.7 Å². The summed E-state index contributed by atoms with van der Waals surface area (Å²) in [5, 5.41) is 28.6. The highest BCUT2D eigenvalue weighted by Gasteiger charge is 2.42. The number of benzene rings is 4. The number of methoxy groups -OCH3 is 6. The van der Waals surface area contributed by atoms with Crippen molar-refractivity contribution in [1.29, 1.82) is 0 Å². The first-order chi connectivity index (χ1) is 42.0. The monoisotopic (exact) mass is 1230 g/mol. The highest BCUT2D eigenvalue weighted by atomic mass is 19.4. The Morgan fingerprint density at radius 3 is 1.16 bits per heavy atom. The first-order valence-electron chi connectivity index (χ1n) is 28.0. The van der Waals surface area contributed by atoms with Crippen molar-refractivity contribution in [2.45, 2.75) is 64.2 Å². The van der Waals surface area contributed by atoms with Crippen molar-refractivity contribution < 1.29 is 74.6 Å². The lowest BCUT2D eigenvalue weighted by Gasteiger charge is -2.43. The molecule has 0 unspecified atom stereocenters. The van der Waals surface area contributed by atoms with Gasteiger partial charge in [0, 0.05) is 96.9 Å². The van der Waals surface area contributed by atoms with Gasteiger partial charge in [-0.3, -0.25) is 19.4 Å². The van der Waals surface area contributed by atoms with Crippen molar-refractivity contribution >= 4 is 23.1 Å². The number of halogens is 6. The molecular weight excluding hydrogens is 1160 g/mol. The lowest BCUT2D eigenvalue weighted by atomic mass is 10.0. The van der Waals surface area contributed by atoms with E-state index in [1.165, 1.54) is 28.1 Å². The van der Waals surface area contributed by atoms with Gasteiger partial charge in [-0.05, 0) is 100 Å². The number of alkyl halides is 6. The number of amides is 2. The molecule has 0 spiro atoms. The predicted octanol–water partition coefficient (Wildman–Crippen LogP) is 9.26. The van der Waals surface area contributed by atoms with Gasteiger partial charge in [0.2, 0.25) is 0 Å². The van der Waals surface area contributed by atoms with Gasteiger partial charge >= 0.3 is 12.4 Å². The first kappa shape index (κ1) is 63.8. The van der Waals surface area contributed by atoms with Gasteiger partial charge in [-0.25, -0.2) is 19.0 Å². The van der Waals surface area contributed by atoms with Crippen molar-refractivity contribution in [3.63, 3.8) is 0 Å². The Hall–Kier alpha value is -8.72. The number of hydrogen-bond donors (Lipinski definition) is 2. The third kappa shape index (κ3) is 12.6. The molecule has 0 aliphatic carbocycles. The van der Waals surface area contributed by atoms with Gasteiger partial charge in [0.05, 0.1) is 91.7 Å². The zero-order chi connectivity index (χ0) is 63.5. The van der Waals surface area contributed by atoms with Crippen LogP contribution in [0.2, 0.25) is 0 Å². The molecule has 0 saturated carbocycles. The van der Waals surface area contributed by atoms with Crippen molar-refractivity contribution in [2.75, 3.05) is 95.1 Å². The van der Waals surface area contributed by atoms with Crippen LogP contribution in [0.15, 0.2) is 97.3 Å². The average Bonchev–Trinajstić information content (AvgIpc) is 1.80. The van der Waals surface area contributed by atoms with Crippen LogP contribution in [-0.2, 0) is 12.4 Å². The summed E-state index contributed by atoms with van der Waals surface area (Å²) in [6.07, 6.45) is -7.21. The van der Waals surface area contributed by atoms with Crippen LogP contribution in [0, 0.1) is 13.8 Å². The maximum absolute atomic E-state index is 14.4. The largest absolute Gasteiger partial charge is 0.497 e. The van der Waals surface area contributed by atoms with Crippen LogP contribution in [0.25, 0.3) is 33.8 Å². The minimum Gasteiger partial charge on any atom is -0.497 e. The molecule has 26 heteroatoms. The van der Waals surface area contributed by atoms with Gasteiger partial charge in [-0.2, -0.15) is 36.5 Å². The minimum absolute atomic E-state index is 0.0268. The fraction of sp³-hybridized carbons (Fsp3) is 0.387. The standard InChI is InChI=1S/2C31H34F3N5O5/c2*1-18-16-37(25(17-40)23-11-10-22(43-4)14-26(23)44-5)12-13-38(18)30(41)24-15-35-39-28(31(32,33)34)19(2)27(36-29(24)39)20-6-8-21(42-3)9-7-20/h2*6-11,14-15,18,25,40H,12-13,16-17H2,1-5H3/t18-,25+;18-,25-/m11/s1. The van der Waals surface area contributed by atoms with E-state index in [1.807, 2.05) is 26.0 Å². The lowest BCUT2D eigenvalue weighted by Crippen LogP contribution is -2.55. The molecule has 4 atom stereocenters. The maximum atomic E-state index is 14.4. The van der Waals surface area contributed by atoms with E-state index < -0.39 is 47.6 Å². The number of fused-ring (bicyclic) bond motifs is 2. The molecule has 4 aromatic carbocycles. The molecule has 8 aromatic rings. The lowest BCUT2D eigenvalue weighted by molar-refractivity contribution is -0.144. The molecule has 468 valence electrons. The number of aliphatic hydroxyl groups is 2. The maximum Gasteiger partial charge on any atom is 0.433 e. The molecule has 88 heavy (non-hydrogen) atoms. The van der Waals surface area contributed by atoms with E-state index in [0.717, 1.165) is 23.5 Å². The van der Waals surface area contributed by atoms with Crippen LogP contribution < -0.4 is 28.4 Å². The molecular formula is C62H68F6N10O10. The molecule has 4 aromatic heterocycles. The van der Waals surface area contributed by atoms with Crippen molar-refractivity contribution in [2.24, 2.45) is 0 Å². The van der Waals surface area contributed by atoms with Crippen LogP contribution in [0.3, 0.4) is 0 Å². The fourth-order valence-corrected chi connectivity index (χ4v) is 11.6. The van der Waals surface area contributed by atoms with Crippen LogP contribution in [0.4, 0.5) is 26.3 Å². The second-order valence-corrected chi connectivity index (χ2v) is 21.2. The van der Waals surface area contributed by atoms with Crippen molar-refractivity contribution in [3.05, 3.63) is 142 Å². The Bertz CT molecular complexity index is 3560. The third-order valence-corrected chi connectivity index (χ3v) is 16.2. The molecule has 6 heterocycles. The van der Waals surface area contributed by atoms with E-state index in [4.69, 9.17) is 28.4 Å². The number of hydrogen-bond acceptors (Lipinski definition) is 16. The van der Waals surface area contributed by atoms with Crippen LogP contribution in [-0.4, -0.2) is 178 Å². The Kier molecular flexibility index (Phi) is 19.1. The van der Waals surface area contributed by atoms with Gasteiger partial charge in [0.25, 0.3) is 11.8 Å². The second kappa shape index (κ2) is 26.3. The first-order valence-corrected chi connectivity index (χ1v) is 28.0. The summed E-state index contributed by atoms with van der Waals surface area (Å²) >= 11 is 0. The molecule has 10 rings (SSSR count). The van der Waals surface area contributed by atoms with Crippen LogP contribution in [0.1, 0.15) is 80.3 Å². The summed E-state index contributed by atoms with van der Waals surface area (Å²) in [4.78, 5) is 44.2. The third-order valence-electron chi connectivity index (χ3n) is 16.2. The zero-order valence-corrected chi connectivity index (χ0v) is 50.1. The molecule has 2 fully saturated rings. The quantitative estimate of drug-likeness (QED) is 0.0866. The summed E-state index contributed by atoms with van der Waals surface area (Å²) in [6, 6.07) is 22.3. The average molecular weight is 1230 g/mol. The predicted molar refractivity (Wildman–Crippen MR) is 312 cm³/mol. The van der Waals surface area contributed by atoms with E-state index in [9.17, 15) is 46.1 Å². The van der Waals surface area contributed by atoms with E-state index >= 15 is 0 Å². The smallest absolute Gasteiger partial charge is 0.433 e. The number of carbonyl (C=O) groups is 2. The minimum atomic E-state index is -4.75. The number of aromatic nitrogens is 6. The normalized spacial score (nSPS) is 16.7. The van der Waals surface area contributed by atoms with Gasteiger partial charge < -0.3 is 48.4 Å². The SMILES string of the molecule is COc1ccc(-c2nc3c(C(=O)N4CCN([C@@H](CO)c5ccc(OC)cc5OC)C[C@H]4C)cnn3c(C(F)(F)F)c2C)cc1.COc1ccc(-c2nc3c(C(=O)N4CCN([C@H](CO)c5ccc(OC)cc5OC)C[C@H]4C)cnn3c(C(F)(F)F)c2C)cc1. The summed E-state index contributed by atoms with van der Waals surface area (Å²) in [6.45, 7) is 8.21. The molecule has 0 radical (unpaired) electrons. The number of carbonyl (C=O) groups excluding carboxylic acids is 2. The number of piperazine rings is 2. The molecule has 2 N–H and O–H groups in total. The molecule has 2 saturated heterocycles. The molecule has 2 amide bonds. The van der Waals surface area contributed by atoms with Gasteiger partial charge in [-0.15, -0.1) is 0 Å². The van der Waals surface area contributed by atoms with Crippen LogP contribution >= 0.6 is 0 Å². The molecule has 0 bridgehead atoms. The molecule has 20 nitrogen and oxygen atoms in total. The highest BCUT2D eigenvalue weighted by Crippen LogP contribution is 2.41. The molecule has 2 aliphatic heterocycles. The Morgan fingerprint density at radius 1 is 0.523 bits per heavy atom. The van der Waals surface area contributed by atoms with Gasteiger partial charge in [-0.1, -0.05) is 0 Å². The topological polar surface area (TPSA) is 203 Å². The van der Waals surface area contributed by atoms with E-state index in [2.05, 4.69) is 30.0 Å². The van der Waals surface area contributed by atoms with Gasteiger partial charge in [0.1, 0.15) is 45.6 Å². The number of nitrogens with zero attached hydrogens (tertiary/aromatic N) is 10. The van der Waals surface area contributed by atoms with E-state index in [1.54, 1.807) is 111 Å². The van der Waals surface area contributed by atoms with Crippen LogP contribution in [0.5, 0.6) is 34.5 Å².